The van der Waals surface area contributed by atoms with Crippen molar-refractivity contribution >= 4 is 5.97 Å². The topological polar surface area (TPSA) is 53.3 Å². The van der Waals surface area contributed by atoms with E-state index < -0.39 is 18.7 Å². The van der Waals surface area contributed by atoms with E-state index in [0.29, 0.717) is 11.3 Å². The Morgan fingerprint density at radius 2 is 2.00 bits per heavy atom. The van der Waals surface area contributed by atoms with Crippen LogP contribution >= 0.6 is 0 Å². The van der Waals surface area contributed by atoms with Gasteiger partial charge >= 0.3 is 12.1 Å². The predicted molar refractivity (Wildman–Crippen MR) is 76.2 cm³/mol. The second kappa shape index (κ2) is 6.72. The third-order valence-electron chi connectivity index (χ3n) is 3.03. The van der Waals surface area contributed by atoms with Crippen LogP contribution in [-0.2, 0) is 11.3 Å². The molecule has 0 fully saturated rings. The monoisotopic (exact) mass is 328 g/mol. The average molecular weight is 328 g/mol. The minimum atomic E-state index is -4.48. The normalized spacial score (nSPS) is 11.3. The van der Waals surface area contributed by atoms with Gasteiger partial charge in [0.05, 0.1) is 25.6 Å². The lowest BCUT2D eigenvalue weighted by atomic mass is 10.1. The van der Waals surface area contributed by atoms with Gasteiger partial charge in [0.1, 0.15) is 17.9 Å². The Bertz CT molecular complexity index is 696. The number of ether oxygens (including phenoxy) is 2. The van der Waals surface area contributed by atoms with Crippen molar-refractivity contribution in [1.29, 1.82) is 0 Å². The number of rotatable bonds is 5. The lowest BCUT2D eigenvalue weighted by Gasteiger charge is -2.14. The number of benzene rings is 1. The van der Waals surface area contributed by atoms with Gasteiger partial charge in [-0.2, -0.15) is 18.3 Å². The van der Waals surface area contributed by atoms with Gasteiger partial charge in [0.25, 0.3) is 0 Å². The van der Waals surface area contributed by atoms with E-state index in [2.05, 4.69) is 5.10 Å². The Morgan fingerprint density at radius 3 is 2.61 bits per heavy atom. The Hall–Kier alpha value is -2.51. The Labute approximate surface area is 130 Å². The first-order valence-corrected chi connectivity index (χ1v) is 6.80. The molecule has 0 amide bonds. The smallest absolute Gasteiger partial charge is 0.408 e. The van der Waals surface area contributed by atoms with E-state index in [9.17, 15) is 18.0 Å². The second-order valence-electron chi connectivity index (χ2n) is 4.60. The van der Waals surface area contributed by atoms with Crippen molar-refractivity contribution in [2.75, 3.05) is 13.7 Å². The molecule has 0 bridgehead atoms. The number of para-hydroxylation sites is 1. The van der Waals surface area contributed by atoms with Gasteiger partial charge in [-0.25, -0.2) is 4.79 Å². The Balaban J connectivity index is 2.61. The van der Waals surface area contributed by atoms with Crippen molar-refractivity contribution in [3.8, 4) is 17.0 Å². The maximum Gasteiger partial charge on any atom is 0.408 e. The second-order valence-corrected chi connectivity index (χ2v) is 4.60. The third kappa shape index (κ3) is 3.82. The summed E-state index contributed by atoms with van der Waals surface area (Å²) in [6.45, 7) is 0.398. The van der Waals surface area contributed by atoms with Crippen LogP contribution < -0.4 is 4.74 Å². The van der Waals surface area contributed by atoms with Crippen LogP contribution in [0.5, 0.6) is 5.75 Å². The van der Waals surface area contributed by atoms with Crippen molar-refractivity contribution < 1.29 is 27.4 Å². The molecule has 0 saturated carbocycles. The molecule has 23 heavy (non-hydrogen) atoms. The van der Waals surface area contributed by atoms with E-state index in [1.807, 2.05) is 0 Å². The molecule has 0 spiro atoms. The minimum Gasteiger partial charge on any atom is -0.496 e. The summed E-state index contributed by atoms with van der Waals surface area (Å²) in [6, 6.07) is 6.47. The zero-order valence-corrected chi connectivity index (χ0v) is 12.6. The molecule has 8 heteroatoms. The fourth-order valence-corrected chi connectivity index (χ4v) is 2.16. The summed E-state index contributed by atoms with van der Waals surface area (Å²) >= 11 is 0. The van der Waals surface area contributed by atoms with Crippen LogP contribution in [0.25, 0.3) is 11.3 Å². The molecule has 0 aliphatic carbocycles. The number of carbonyl (C=O) groups is 1. The maximum atomic E-state index is 12.8. The van der Waals surface area contributed by atoms with Crippen molar-refractivity contribution in [2.45, 2.75) is 19.6 Å². The van der Waals surface area contributed by atoms with Gasteiger partial charge in [0.15, 0.2) is 0 Å². The highest BCUT2D eigenvalue weighted by Crippen LogP contribution is 2.34. The number of aromatic nitrogens is 2. The molecule has 0 aliphatic rings. The molecule has 1 heterocycles. The molecule has 1 aromatic carbocycles. The predicted octanol–water partition coefficient (Wildman–Crippen LogP) is 3.30. The lowest BCUT2D eigenvalue weighted by molar-refractivity contribution is -0.142. The van der Waals surface area contributed by atoms with Crippen molar-refractivity contribution in [1.82, 2.24) is 9.78 Å². The molecule has 0 N–H and O–H groups in total. The van der Waals surface area contributed by atoms with Gasteiger partial charge in [-0.15, -0.1) is 0 Å². The summed E-state index contributed by atoms with van der Waals surface area (Å²) in [5, 5.41) is 3.70. The van der Waals surface area contributed by atoms with Gasteiger partial charge in [-0.05, 0) is 19.1 Å². The van der Waals surface area contributed by atoms with Crippen LogP contribution in [0.2, 0.25) is 0 Å². The Morgan fingerprint density at radius 1 is 1.30 bits per heavy atom. The van der Waals surface area contributed by atoms with E-state index >= 15 is 0 Å². The summed E-state index contributed by atoms with van der Waals surface area (Å²) in [6.07, 6.45) is -3.40. The number of nitrogens with zero attached hydrogens (tertiary/aromatic N) is 2. The molecule has 2 rings (SSSR count). The Kier molecular flexibility index (Phi) is 4.92. The molecule has 0 radical (unpaired) electrons. The fourth-order valence-electron chi connectivity index (χ4n) is 2.16. The molecule has 1 aromatic heterocycles. The van der Waals surface area contributed by atoms with E-state index in [1.165, 1.54) is 7.11 Å². The molecule has 0 atom stereocenters. The van der Waals surface area contributed by atoms with E-state index in [0.717, 1.165) is 10.9 Å². The van der Waals surface area contributed by atoms with Crippen molar-refractivity contribution in [2.24, 2.45) is 0 Å². The number of hydrogen-bond acceptors (Lipinski definition) is 4. The largest absolute Gasteiger partial charge is 0.496 e. The summed E-state index contributed by atoms with van der Waals surface area (Å²) in [4.78, 5) is 12.0. The first-order chi connectivity index (χ1) is 10.9. The van der Waals surface area contributed by atoms with Crippen LogP contribution in [0, 0.1) is 0 Å². The zero-order chi connectivity index (χ0) is 17.0. The van der Waals surface area contributed by atoms with E-state index in [-0.39, 0.29) is 17.9 Å². The van der Waals surface area contributed by atoms with Crippen molar-refractivity contribution in [3.05, 3.63) is 36.0 Å². The van der Waals surface area contributed by atoms with Gasteiger partial charge < -0.3 is 9.47 Å². The van der Waals surface area contributed by atoms with E-state index in [4.69, 9.17) is 9.47 Å². The summed E-state index contributed by atoms with van der Waals surface area (Å²) in [5.74, 6) is -0.399. The first kappa shape index (κ1) is 16.9. The molecule has 2 aromatic rings. The molecular formula is C15H15F3N2O3. The molecule has 124 valence electrons. The standard InChI is InChI=1S/C15H15F3N2O3/c1-3-23-14(21)11-8-19-20(9-15(16,17)18)13(11)10-6-4-5-7-12(10)22-2/h4-8H,3,9H2,1-2H3. The first-order valence-electron chi connectivity index (χ1n) is 6.80. The van der Waals surface area contributed by atoms with Gasteiger partial charge in [0.2, 0.25) is 0 Å². The van der Waals surface area contributed by atoms with Crippen LogP contribution in [0.4, 0.5) is 13.2 Å². The molecule has 0 saturated heterocycles. The number of esters is 1. The van der Waals surface area contributed by atoms with Gasteiger partial charge in [-0.3, -0.25) is 4.68 Å². The zero-order valence-electron chi connectivity index (χ0n) is 12.6. The molecule has 0 unspecified atom stereocenters. The highest BCUT2D eigenvalue weighted by atomic mass is 19.4. The number of carbonyl (C=O) groups excluding carboxylic acids is 1. The van der Waals surface area contributed by atoms with Crippen molar-refractivity contribution in [3.63, 3.8) is 0 Å². The number of methoxy groups -OCH3 is 1. The highest BCUT2D eigenvalue weighted by molar-refractivity contribution is 5.97. The van der Waals surface area contributed by atoms with Gasteiger partial charge in [-0.1, -0.05) is 12.1 Å². The van der Waals surface area contributed by atoms with Crippen LogP contribution in [-0.4, -0.2) is 35.6 Å². The van der Waals surface area contributed by atoms with E-state index in [1.54, 1.807) is 31.2 Å². The number of alkyl halides is 3. The number of halogens is 3. The summed E-state index contributed by atoms with van der Waals surface area (Å²) < 4.78 is 49.1. The fraction of sp³-hybridized carbons (Fsp3) is 0.333. The molecule has 0 aliphatic heterocycles. The van der Waals surface area contributed by atoms with Gasteiger partial charge in [0, 0.05) is 5.56 Å². The SMILES string of the molecule is CCOC(=O)c1cnn(CC(F)(F)F)c1-c1ccccc1OC. The molecular weight excluding hydrogens is 313 g/mol. The lowest BCUT2D eigenvalue weighted by Crippen LogP contribution is -2.20. The minimum absolute atomic E-state index is 0.0122. The molecule has 5 nitrogen and oxygen atoms in total. The highest BCUT2D eigenvalue weighted by Gasteiger charge is 2.32. The van der Waals surface area contributed by atoms with Crippen LogP contribution in [0.15, 0.2) is 30.5 Å². The van der Waals surface area contributed by atoms with Crippen LogP contribution in [0.3, 0.4) is 0 Å². The van der Waals surface area contributed by atoms with Crippen LogP contribution in [0.1, 0.15) is 17.3 Å². The summed E-state index contributed by atoms with van der Waals surface area (Å²) in [5.41, 5.74) is 0.304. The third-order valence-corrected chi connectivity index (χ3v) is 3.03. The maximum absolute atomic E-state index is 12.8. The summed E-state index contributed by atoms with van der Waals surface area (Å²) in [7, 11) is 1.40. The average Bonchev–Trinajstić information content (AvgIpc) is 2.88. The quantitative estimate of drug-likeness (QED) is 0.790. The number of hydrogen-bond donors (Lipinski definition) is 0.